The van der Waals surface area contributed by atoms with Gasteiger partial charge >= 0.3 is 0 Å². The molecule has 0 unspecified atom stereocenters. The van der Waals surface area contributed by atoms with E-state index in [1.54, 1.807) is 0 Å². The molecule has 0 heterocycles. The molecule has 3 nitrogen and oxygen atoms in total. The van der Waals surface area contributed by atoms with Crippen molar-refractivity contribution < 1.29 is 10.2 Å². The Bertz CT molecular complexity index is 59.8. The molecule has 0 aliphatic rings. The summed E-state index contributed by atoms with van der Waals surface area (Å²) in [6.07, 6.45) is 3.37. The average molecular weight is 86.1 g/mol. The van der Waals surface area contributed by atoms with Crippen LogP contribution in [0.1, 0.15) is 0 Å². The summed E-state index contributed by atoms with van der Waals surface area (Å²) in [5.74, 6) is 0. The summed E-state index contributed by atoms with van der Waals surface area (Å²) >= 11 is 0. The van der Waals surface area contributed by atoms with E-state index in [1.165, 1.54) is 6.08 Å². The van der Waals surface area contributed by atoms with Crippen molar-refractivity contribution in [3.8, 4) is 0 Å². The Kier molecular flexibility index (Phi) is 3.59. The third kappa shape index (κ3) is 3.17. The highest BCUT2D eigenvalue weighted by molar-refractivity contribution is 5.69. The van der Waals surface area contributed by atoms with Gasteiger partial charge in [-0.1, -0.05) is 6.58 Å². The maximum absolute atomic E-state index is 7.42. The van der Waals surface area contributed by atoms with E-state index in [1.807, 2.05) is 0 Å². The van der Waals surface area contributed by atoms with Crippen LogP contribution in [0.25, 0.3) is 0 Å². The number of nitrogens with zero attached hydrogens (tertiary/aromatic N) is 1. The van der Waals surface area contributed by atoms with E-state index in [2.05, 4.69) is 22.9 Å². The number of allylic oxidation sites excluding steroid dienone is 1. The van der Waals surface area contributed by atoms with E-state index < -0.39 is 0 Å². The van der Waals surface area contributed by atoms with Crippen LogP contribution in [0.5, 0.6) is 0 Å². The van der Waals surface area contributed by atoms with Crippen molar-refractivity contribution in [3.63, 3.8) is 0 Å². The lowest BCUT2D eigenvalue weighted by Crippen LogP contribution is -1.66. The topological polar surface area (TPSA) is 41.8 Å². The van der Waals surface area contributed by atoms with Gasteiger partial charge in [-0.3, -0.25) is 0 Å². The second-order valence-electron chi connectivity index (χ2n) is 0.506. The first-order valence-corrected chi connectivity index (χ1v) is 1.29. The lowest BCUT2D eigenvalue weighted by atomic mass is 10.7. The van der Waals surface area contributed by atoms with Crippen LogP contribution in [0.3, 0.4) is 0 Å². The van der Waals surface area contributed by atoms with Gasteiger partial charge in [-0.15, -0.1) is 0 Å². The van der Waals surface area contributed by atoms with Crippen molar-refractivity contribution in [3.05, 3.63) is 12.7 Å². The van der Waals surface area contributed by atoms with E-state index in [4.69, 9.17) is 5.26 Å². The summed E-state index contributed by atoms with van der Waals surface area (Å²) in [6.45, 7) is 3.20. The van der Waals surface area contributed by atoms with Crippen LogP contribution < -0.4 is 0 Å². The highest BCUT2D eigenvalue weighted by atomic mass is 17.2. The molecule has 0 aromatic rings. The summed E-state index contributed by atoms with van der Waals surface area (Å²) < 4.78 is 0. The van der Waals surface area contributed by atoms with Crippen LogP contribution in [0.15, 0.2) is 17.8 Å². The smallest absolute Gasteiger partial charge is 0.135 e. The van der Waals surface area contributed by atoms with E-state index in [-0.39, 0.29) is 0 Å². The predicted octanol–water partition coefficient (Wildman–Crippen LogP) is 0.525. The van der Waals surface area contributed by atoms with Gasteiger partial charge < -0.3 is 0 Å². The number of hydrogen-bond donors (Lipinski definition) is 1. The molecule has 0 fully saturated rings. The molecule has 33 valence electrons. The van der Waals surface area contributed by atoms with Crippen LogP contribution in [0, 0.1) is 0 Å². The molecule has 0 atom stereocenters. The maximum atomic E-state index is 7.42. The number of hydrogen-bond acceptors (Lipinski definition) is 3. The first-order chi connectivity index (χ1) is 2.91. The molecule has 0 aliphatic carbocycles. The summed E-state index contributed by atoms with van der Waals surface area (Å²) in [5.41, 5.74) is 0. The van der Waals surface area contributed by atoms with Gasteiger partial charge in [0, 0.05) is 0 Å². The van der Waals surface area contributed by atoms with Crippen LogP contribution in [0.2, 0.25) is 0 Å². The Morgan fingerprint density at radius 3 is 2.83 bits per heavy atom. The zero-order valence-electron chi connectivity index (χ0n) is 3.09. The minimum Gasteiger partial charge on any atom is -0.223 e. The van der Waals surface area contributed by atoms with Crippen molar-refractivity contribution in [2.45, 2.75) is 0 Å². The third-order valence-electron chi connectivity index (χ3n) is 0.185. The van der Waals surface area contributed by atoms with Crippen molar-refractivity contribution in [1.29, 1.82) is 0 Å². The van der Waals surface area contributed by atoms with Gasteiger partial charge in [0.05, 0.1) is 0 Å². The normalized spacial score (nSPS) is 8.83. The maximum Gasteiger partial charge on any atom is 0.135 e. The van der Waals surface area contributed by atoms with Crippen molar-refractivity contribution in [2.24, 2.45) is 5.16 Å². The second-order valence-corrected chi connectivity index (χ2v) is 0.506. The Balaban J connectivity index is 2.94. The van der Waals surface area contributed by atoms with E-state index in [0.717, 1.165) is 0 Å². The van der Waals surface area contributed by atoms with E-state index >= 15 is 0 Å². The molecule has 0 aliphatic heterocycles. The monoisotopic (exact) mass is 86.0 g/mol. The molecular formula is C3H4NO2. The first-order valence-electron chi connectivity index (χ1n) is 1.29. The van der Waals surface area contributed by atoms with Crippen LogP contribution >= 0.6 is 0 Å². The molecule has 1 N–H and O–H groups in total. The van der Waals surface area contributed by atoms with Gasteiger partial charge in [0.15, 0.2) is 0 Å². The largest absolute Gasteiger partial charge is 0.223 e. The molecule has 0 spiro atoms. The van der Waals surface area contributed by atoms with Gasteiger partial charge in [0.1, 0.15) is 6.21 Å². The molecule has 6 heavy (non-hydrogen) atoms. The lowest BCUT2D eigenvalue weighted by Gasteiger charge is -1.70. The Hall–Kier alpha value is -0.830. The van der Waals surface area contributed by atoms with E-state index in [9.17, 15) is 0 Å². The third-order valence-corrected chi connectivity index (χ3v) is 0.185. The molecule has 0 aromatic carbocycles. The minimum absolute atomic E-state index is 1.26. The molecule has 0 aromatic heterocycles. The fraction of sp³-hybridized carbons (Fsp3) is 0. The van der Waals surface area contributed by atoms with Gasteiger partial charge in [0.2, 0.25) is 0 Å². The van der Waals surface area contributed by atoms with Gasteiger partial charge in [-0.2, -0.15) is 5.26 Å². The Morgan fingerprint density at radius 2 is 2.67 bits per heavy atom. The molecule has 1 radical (unpaired) electrons. The second kappa shape index (κ2) is 4.17. The zero-order valence-corrected chi connectivity index (χ0v) is 3.09. The fourth-order valence-electron chi connectivity index (χ4n) is 0.0608. The molecule has 0 saturated heterocycles. The molecule has 0 bridgehead atoms. The van der Waals surface area contributed by atoms with E-state index in [0.29, 0.717) is 0 Å². The molecular weight excluding hydrogens is 82.0 g/mol. The summed E-state index contributed by atoms with van der Waals surface area (Å²) in [7, 11) is 0. The van der Waals surface area contributed by atoms with Gasteiger partial charge in [-0.05, 0) is 11.2 Å². The standard InChI is InChI=1S/C3H4NO2/c1-2-3-4-6-5/h2,5H,1H2. The quantitative estimate of drug-likeness (QED) is 0.302. The van der Waals surface area contributed by atoms with Crippen molar-refractivity contribution in [1.82, 2.24) is 0 Å². The summed E-state index contributed by atoms with van der Waals surface area (Å²) in [6, 6.07) is 0. The van der Waals surface area contributed by atoms with Crippen LogP contribution in [-0.4, -0.2) is 11.5 Å². The summed E-state index contributed by atoms with van der Waals surface area (Å²) in [5, 5.41) is 10.2. The average Bonchev–Trinajstić information content (AvgIpc) is 1.61. The highest BCUT2D eigenvalue weighted by Crippen LogP contribution is 1.60. The molecule has 3 heteroatoms. The molecule has 0 rings (SSSR count). The lowest BCUT2D eigenvalue weighted by molar-refractivity contribution is -0.242. The summed E-state index contributed by atoms with van der Waals surface area (Å²) in [4.78, 5) is 3.22. The SMILES string of the molecule is C=C/[C]=N/OO. The first kappa shape index (κ1) is 5.17. The van der Waals surface area contributed by atoms with Crippen molar-refractivity contribution >= 4 is 6.21 Å². The fourth-order valence-corrected chi connectivity index (χ4v) is 0.0608. The minimum atomic E-state index is 1.26. The van der Waals surface area contributed by atoms with Gasteiger partial charge in [0.25, 0.3) is 0 Å². The Morgan fingerprint density at radius 1 is 2.00 bits per heavy atom. The molecule has 0 saturated carbocycles. The van der Waals surface area contributed by atoms with Crippen LogP contribution in [-0.2, 0) is 4.99 Å². The van der Waals surface area contributed by atoms with Crippen LogP contribution in [0.4, 0.5) is 0 Å². The Labute approximate surface area is 35.5 Å². The van der Waals surface area contributed by atoms with Crippen molar-refractivity contribution in [2.75, 3.05) is 0 Å². The van der Waals surface area contributed by atoms with Gasteiger partial charge in [-0.25, -0.2) is 4.99 Å². The molecule has 0 amide bonds. The zero-order chi connectivity index (χ0) is 4.83. The number of rotatable bonds is 2. The predicted molar refractivity (Wildman–Crippen MR) is 21.3 cm³/mol. The highest BCUT2D eigenvalue weighted by Gasteiger charge is 1.56.